The Bertz CT molecular complexity index is 1420. The Balaban J connectivity index is 0.000000178. The molecule has 38 heavy (non-hydrogen) atoms. The number of halogens is 2. The summed E-state index contributed by atoms with van der Waals surface area (Å²) in [5.41, 5.74) is 4.88. The minimum Gasteiger partial charge on any atom is -0.394 e. The van der Waals surface area contributed by atoms with Crippen molar-refractivity contribution in [3.05, 3.63) is 43.1 Å². The van der Waals surface area contributed by atoms with Crippen molar-refractivity contribution < 1.29 is 40.1 Å². The summed E-state index contributed by atoms with van der Waals surface area (Å²) in [4.78, 5) is 36.6. The quantitative estimate of drug-likeness (QED) is 0.131. The average molecular weight is 625 g/mol. The molecule has 2 aliphatic rings. The molecular weight excluding hydrogens is 602 g/mol. The number of H-pyrrole nitrogens is 1. The highest BCUT2D eigenvalue weighted by Crippen LogP contribution is 2.32. The van der Waals surface area contributed by atoms with Crippen LogP contribution < -0.4 is 17.0 Å². The van der Waals surface area contributed by atoms with Crippen LogP contribution in [0.4, 0.5) is 5.82 Å². The molecule has 3 aromatic rings. The third-order valence-corrected chi connectivity index (χ3v) is 6.66. The molecule has 0 saturated carbocycles. The molecule has 0 aromatic carbocycles. The minimum atomic E-state index is -1.38. The van der Waals surface area contributed by atoms with Gasteiger partial charge in [0.1, 0.15) is 42.1 Å². The van der Waals surface area contributed by atoms with Crippen molar-refractivity contribution in [3.63, 3.8) is 0 Å². The van der Waals surface area contributed by atoms with E-state index in [1.165, 1.54) is 10.9 Å². The summed E-state index contributed by atoms with van der Waals surface area (Å²) in [5.74, 6) is 0.102. The maximum absolute atomic E-state index is 11.6. The number of imidazole rings is 1. The summed E-state index contributed by atoms with van der Waals surface area (Å²) in [7, 11) is 0. The molecule has 5 rings (SSSR count). The normalized spacial score (nSPS) is 30.9. The number of nitrogen functional groups attached to an aromatic ring is 1. The second-order valence-electron chi connectivity index (χ2n) is 8.30. The number of nitrogens with zero attached hydrogens (tertiary/aromatic N) is 5. The number of hydrogen-bond donors (Lipinski definition) is 8. The molecule has 208 valence electrons. The molecule has 0 aliphatic carbocycles. The average Bonchev–Trinajstić information content (AvgIpc) is 3.51. The van der Waals surface area contributed by atoms with Crippen LogP contribution in [0.15, 0.2) is 26.6 Å². The predicted molar refractivity (Wildman–Crippen MR) is 130 cm³/mol. The van der Waals surface area contributed by atoms with E-state index in [9.17, 15) is 30.0 Å². The number of fused-ring (bicyclic) bond motifs is 1. The maximum atomic E-state index is 11.6. The molecule has 5 heterocycles. The van der Waals surface area contributed by atoms with Crippen LogP contribution in [-0.2, 0) is 9.47 Å². The van der Waals surface area contributed by atoms with E-state index in [0.29, 0.717) is 5.52 Å². The lowest BCUT2D eigenvalue weighted by molar-refractivity contribution is -0.0551. The van der Waals surface area contributed by atoms with Crippen LogP contribution in [0, 0.1) is 0 Å². The highest BCUT2D eigenvalue weighted by molar-refractivity contribution is 9.10. The van der Waals surface area contributed by atoms with Gasteiger partial charge in [-0.25, -0.2) is 9.78 Å². The largest absolute Gasteiger partial charge is 0.394 e. The Morgan fingerprint density at radius 3 is 2.05 bits per heavy atom. The van der Waals surface area contributed by atoms with Crippen molar-refractivity contribution in [1.29, 1.82) is 0 Å². The molecule has 0 amide bonds. The second-order valence-corrected chi connectivity index (χ2v) is 9.50. The van der Waals surface area contributed by atoms with Crippen LogP contribution >= 0.6 is 27.5 Å². The third-order valence-electron chi connectivity index (χ3n) is 5.93. The van der Waals surface area contributed by atoms with E-state index in [4.69, 9.17) is 37.0 Å². The molecule has 2 fully saturated rings. The zero-order chi connectivity index (χ0) is 27.9. The lowest BCUT2D eigenvalue weighted by atomic mass is 10.1. The lowest BCUT2D eigenvalue weighted by Crippen LogP contribution is -2.38. The van der Waals surface area contributed by atoms with Gasteiger partial charge in [-0.1, -0.05) is 0 Å². The minimum absolute atomic E-state index is 0.0662. The Morgan fingerprint density at radius 2 is 1.53 bits per heavy atom. The van der Waals surface area contributed by atoms with Crippen molar-refractivity contribution in [2.45, 2.75) is 49.1 Å². The summed E-state index contributed by atoms with van der Waals surface area (Å²) >= 11 is 8.69. The van der Waals surface area contributed by atoms with E-state index >= 15 is 0 Å². The Hall–Kier alpha value is -2.52. The number of aliphatic hydroxyl groups excluding tert-OH is 6. The summed E-state index contributed by atoms with van der Waals surface area (Å²) in [5, 5.41) is 57.0. The number of rotatable bonds is 4. The zero-order valence-electron chi connectivity index (χ0n) is 19.1. The second kappa shape index (κ2) is 11.3. The lowest BCUT2D eigenvalue weighted by Gasteiger charge is -2.17. The van der Waals surface area contributed by atoms with Crippen LogP contribution in [0.3, 0.4) is 0 Å². The van der Waals surface area contributed by atoms with E-state index in [0.717, 1.165) is 10.8 Å². The molecule has 19 heteroatoms. The SMILES string of the molecule is Nc1nc(Cl)nc2c1ncn2[C@@H]1O[C@H](CO)[C@@H](O)[C@H]1O.O=c1[nH]c(=O)n([C@@H]2O[C@H](CO)[C@@H](O)[C@H]2O)cc1Br. The van der Waals surface area contributed by atoms with Crippen molar-refractivity contribution in [3.8, 4) is 0 Å². The standard InChI is InChI=1S/C10H12ClN5O4.C9H11BrN2O6/c11-10-14-7(12)4-8(15-10)16(2-13-4)9-6(19)5(18)3(1-17)20-9;10-3-1-12(9(17)11-7(3)16)8-6(15)5(14)4(2-13)18-8/h2-3,5-6,9,17-19H,1H2,(H2,12,14,15);1,4-6,8,13-15H,2H2,(H,11,16,17)/t3-,5-,6-,9-;4-,5-,6-,8-/m11/s1. The first-order chi connectivity index (χ1) is 18.0. The summed E-state index contributed by atoms with van der Waals surface area (Å²) in [6, 6.07) is 0. The van der Waals surface area contributed by atoms with Crippen molar-refractivity contribution in [2.75, 3.05) is 18.9 Å². The van der Waals surface area contributed by atoms with Gasteiger partial charge in [-0.2, -0.15) is 9.97 Å². The first-order valence-corrected chi connectivity index (χ1v) is 12.1. The van der Waals surface area contributed by atoms with E-state index in [2.05, 4.69) is 30.9 Å². The zero-order valence-corrected chi connectivity index (χ0v) is 21.4. The van der Waals surface area contributed by atoms with Gasteiger partial charge in [-0.15, -0.1) is 0 Å². The van der Waals surface area contributed by atoms with E-state index in [1.54, 1.807) is 0 Å². The number of anilines is 1. The summed E-state index contributed by atoms with van der Waals surface area (Å²) in [6.07, 6.45) is -6.61. The molecule has 0 spiro atoms. The fourth-order valence-electron chi connectivity index (χ4n) is 3.97. The molecule has 2 saturated heterocycles. The number of ether oxygens (including phenoxy) is 2. The van der Waals surface area contributed by atoms with Gasteiger partial charge in [0.15, 0.2) is 23.9 Å². The number of aliphatic hydroxyl groups is 6. The van der Waals surface area contributed by atoms with Gasteiger partial charge in [0.2, 0.25) is 5.28 Å². The van der Waals surface area contributed by atoms with Crippen LogP contribution in [-0.4, -0.2) is 110 Å². The van der Waals surface area contributed by atoms with Crippen LogP contribution in [0.2, 0.25) is 5.28 Å². The Kier molecular flexibility index (Phi) is 8.47. The van der Waals surface area contributed by atoms with Crippen molar-refractivity contribution in [1.82, 2.24) is 29.1 Å². The molecule has 2 aliphatic heterocycles. The molecule has 3 aromatic heterocycles. The molecular formula is C19H23BrClN7O10. The number of aromatic nitrogens is 6. The summed E-state index contributed by atoms with van der Waals surface area (Å²) < 4.78 is 13.0. The van der Waals surface area contributed by atoms with Gasteiger partial charge in [-0.05, 0) is 27.5 Å². The number of nitrogens with two attached hydrogens (primary N) is 1. The first kappa shape index (κ1) is 28.5. The summed E-state index contributed by atoms with van der Waals surface area (Å²) in [6.45, 7) is -0.909. The van der Waals surface area contributed by atoms with Gasteiger partial charge >= 0.3 is 5.69 Å². The van der Waals surface area contributed by atoms with Crippen molar-refractivity contribution >= 4 is 44.5 Å². The van der Waals surface area contributed by atoms with E-state index < -0.39 is 73.5 Å². The van der Waals surface area contributed by atoms with Gasteiger partial charge in [0.25, 0.3) is 5.56 Å². The molecule has 0 bridgehead atoms. The molecule has 8 atom stereocenters. The Labute approximate surface area is 224 Å². The maximum Gasteiger partial charge on any atom is 0.330 e. The van der Waals surface area contributed by atoms with Crippen LogP contribution in [0.5, 0.6) is 0 Å². The van der Waals surface area contributed by atoms with Gasteiger partial charge < -0.3 is 45.8 Å². The molecule has 9 N–H and O–H groups in total. The predicted octanol–water partition coefficient (Wildman–Crippen LogP) is -3.42. The van der Waals surface area contributed by atoms with Crippen LogP contribution in [0.1, 0.15) is 12.5 Å². The topological polar surface area (TPSA) is 264 Å². The van der Waals surface area contributed by atoms with E-state index in [-0.39, 0.29) is 21.2 Å². The smallest absolute Gasteiger partial charge is 0.330 e. The van der Waals surface area contributed by atoms with Gasteiger partial charge in [-0.3, -0.25) is 18.9 Å². The fraction of sp³-hybridized carbons (Fsp3) is 0.526. The molecule has 0 unspecified atom stereocenters. The number of aromatic amines is 1. The molecule has 0 radical (unpaired) electrons. The fourth-order valence-corrected chi connectivity index (χ4v) is 4.46. The van der Waals surface area contributed by atoms with Crippen LogP contribution in [0.25, 0.3) is 11.2 Å². The third kappa shape index (κ3) is 5.19. The van der Waals surface area contributed by atoms with Gasteiger partial charge in [0, 0.05) is 6.20 Å². The van der Waals surface area contributed by atoms with Crippen molar-refractivity contribution in [2.24, 2.45) is 0 Å². The van der Waals surface area contributed by atoms with Gasteiger partial charge in [0.05, 0.1) is 24.0 Å². The Morgan fingerprint density at radius 1 is 0.974 bits per heavy atom. The monoisotopic (exact) mass is 623 g/mol. The van der Waals surface area contributed by atoms with E-state index in [1.807, 2.05) is 4.98 Å². The first-order valence-electron chi connectivity index (χ1n) is 10.9. The number of hydrogen-bond acceptors (Lipinski definition) is 14. The highest BCUT2D eigenvalue weighted by atomic mass is 79.9. The number of nitrogens with one attached hydrogen (secondary N) is 1. The highest BCUT2D eigenvalue weighted by Gasteiger charge is 2.45. The molecule has 17 nitrogen and oxygen atoms in total.